The van der Waals surface area contributed by atoms with E-state index in [4.69, 9.17) is 4.74 Å². The summed E-state index contributed by atoms with van der Waals surface area (Å²) in [5.41, 5.74) is 1.88. The Bertz CT molecular complexity index is 467. The molecular weight excluding hydrogens is 240 g/mol. The molecule has 2 N–H and O–H groups in total. The molecular formula is C15H20N2O2. The number of carbonyl (C=O) groups is 1. The van der Waals surface area contributed by atoms with Crippen molar-refractivity contribution in [3.8, 4) is 5.75 Å². The number of hydrogen-bond donors (Lipinski definition) is 2. The maximum absolute atomic E-state index is 12.0. The molecule has 0 aromatic heterocycles. The number of rotatable bonds is 4. The van der Waals surface area contributed by atoms with Gasteiger partial charge in [0.05, 0.1) is 6.61 Å². The van der Waals surface area contributed by atoms with E-state index in [1.807, 2.05) is 18.2 Å². The number of benzene rings is 1. The Hall–Kier alpha value is -1.55. The van der Waals surface area contributed by atoms with Crippen LogP contribution in [0, 0.1) is 0 Å². The van der Waals surface area contributed by atoms with Crippen molar-refractivity contribution in [2.24, 2.45) is 0 Å². The Morgan fingerprint density at radius 1 is 1.47 bits per heavy atom. The Labute approximate surface area is 113 Å². The molecule has 19 heavy (non-hydrogen) atoms. The number of fused-ring (bicyclic) bond motifs is 1. The molecule has 4 nitrogen and oxygen atoms in total. The summed E-state index contributed by atoms with van der Waals surface area (Å²) in [6.45, 7) is 2.58. The Morgan fingerprint density at radius 2 is 2.42 bits per heavy atom. The largest absolute Gasteiger partial charge is 0.493 e. The number of carbonyl (C=O) groups excluding carboxylic acids is 1. The van der Waals surface area contributed by atoms with E-state index < -0.39 is 0 Å². The van der Waals surface area contributed by atoms with Crippen LogP contribution < -0.4 is 15.4 Å². The summed E-state index contributed by atoms with van der Waals surface area (Å²) < 4.78 is 5.44. The summed E-state index contributed by atoms with van der Waals surface area (Å²) in [5.74, 6) is 0.944. The fraction of sp³-hybridized carbons (Fsp3) is 0.533. The molecule has 3 rings (SSSR count). The summed E-state index contributed by atoms with van der Waals surface area (Å²) in [5, 5.41) is 6.43. The van der Waals surface area contributed by atoms with Crippen LogP contribution in [0.25, 0.3) is 0 Å². The highest BCUT2D eigenvalue weighted by Gasteiger charge is 2.16. The van der Waals surface area contributed by atoms with E-state index in [0.29, 0.717) is 6.04 Å². The van der Waals surface area contributed by atoms with E-state index in [9.17, 15) is 4.79 Å². The molecule has 0 unspecified atom stereocenters. The van der Waals surface area contributed by atoms with Crippen LogP contribution in [0.3, 0.4) is 0 Å². The first-order valence-electron chi connectivity index (χ1n) is 7.10. The molecule has 1 atom stereocenters. The minimum atomic E-state index is 0.0210. The zero-order valence-corrected chi connectivity index (χ0v) is 11.1. The number of nitrogens with one attached hydrogen (secondary N) is 2. The van der Waals surface area contributed by atoms with Crippen molar-refractivity contribution in [1.82, 2.24) is 10.6 Å². The van der Waals surface area contributed by atoms with Gasteiger partial charge in [-0.15, -0.1) is 0 Å². The molecule has 0 bridgehead atoms. The summed E-state index contributed by atoms with van der Waals surface area (Å²) in [6.07, 6.45) is 4.40. The average Bonchev–Trinajstić information content (AvgIpc) is 3.08. The lowest BCUT2D eigenvalue weighted by molar-refractivity contribution is 0.0952. The van der Waals surface area contributed by atoms with Gasteiger partial charge in [0, 0.05) is 24.6 Å². The third kappa shape index (κ3) is 2.89. The summed E-state index contributed by atoms with van der Waals surface area (Å²) in [4.78, 5) is 12.0. The summed E-state index contributed by atoms with van der Waals surface area (Å²) in [7, 11) is 0. The van der Waals surface area contributed by atoms with Gasteiger partial charge in [0.1, 0.15) is 5.75 Å². The lowest BCUT2D eigenvalue weighted by Crippen LogP contribution is -2.30. The standard InChI is InChI=1S/C15H20N2O2/c18-15(17-8-5-13-2-1-7-16-13)12-3-4-14-11(10-12)6-9-19-14/h3-4,10,13,16H,1-2,5-9H2,(H,17,18)/t13-/m1/s1. The number of hydrogen-bond acceptors (Lipinski definition) is 3. The zero-order valence-electron chi connectivity index (χ0n) is 11.1. The number of amides is 1. The van der Waals surface area contributed by atoms with E-state index in [-0.39, 0.29) is 5.91 Å². The Balaban J connectivity index is 1.52. The van der Waals surface area contributed by atoms with Crippen LogP contribution >= 0.6 is 0 Å². The fourth-order valence-corrected chi connectivity index (χ4v) is 2.79. The molecule has 2 heterocycles. The maximum Gasteiger partial charge on any atom is 0.251 e. The third-order valence-corrected chi connectivity index (χ3v) is 3.89. The lowest BCUT2D eigenvalue weighted by Gasteiger charge is -2.11. The molecule has 1 amide bonds. The van der Waals surface area contributed by atoms with Gasteiger partial charge in [0.15, 0.2) is 0 Å². The molecule has 1 aromatic rings. The van der Waals surface area contributed by atoms with Crippen LogP contribution in [0.5, 0.6) is 5.75 Å². The zero-order chi connectivity index (χ0) is 13.1. The van der Waals surface area contributed by atoms with Gasteiger partial charge in [-0.05, 0) is 49.6 Å². The third-order valence-electron chi connectivity index (χ3n) is 3.89. The monoisotopic (exact) mass is 260 g/mol. The second-order valence-electron chi connectivity index (χ2n) is 5.26. The van der Waals surface area contributed by atoms with Crippen molar-refractivity contribution in [1.29, 1.82) is 0 Å². The first-order valence-corrected chi connectivity index (χ1v) is 7.10. The van der Waals surface area contributed by atoms with Crippen LogP contribution in [0.1, 0.15) is 35.2 Å². The minimum absolute atomic E-state index is 0.0210. The highest BCUT2D eigenvalue weighted by atomic mass is 16.5. The second-order valence-corrected chi connectivity index (χ2v) is 5.26. The van der Waals surface area contributed by atoms with Gasteiger partial charge in [-0.1, -0.05) is 0 Å². The molecule has 2 aliphatic heterocycles. The quantitative estimate of drug-likeness (QED) is 0.862. The molecule has 2 aliphatic rings. The molecule has 0 aliphatic carbocycles. The van der Waals surface area contributed by atoms with E-state index in [1.54, 1.807) is 0 Å². The van der Waals surface area contributed by atoms with Gasteiger partial charge in [-0.25, -0.2) is 0 Å². The van der Waals surface area contributed by atoms with Crippen molar-refractivity contribution in [2.45, 2.75) is 31.7 Å². The summed E-state index contributed by atoms with van der Waals surface area (Å²) in [6, 6.07) is 6.27. The molecule has 1 fully saturated rings. The Morgan fingerprint density at radius 3 is 3.26 bits per heavy atom. The van der Waals surface area contributed by atoms with Crippen molar-refractivity contribution in [2.75, 3.05) is 19.7 Å². The van der Waals surface area contributed by atoms with Gasteiger partial charge in [-0.2, -0.15) is 0 Å². The van der Waals surface area contributed by atoms with Crippen LogP contribution in [0.4, 0.5) is 0 Å². The van der Waals surface area contributed by atoms with E-state index in [0.717, 1.165) is 49.4 Å². The van der Waals surface area contributed by atoms with Crippen LogP contribution in [0.15, 0.2) is 18.2 Å². The smallest absolute Gasteiger partial charge is 0.251 e. The second kappa shape index (κ2) is 5.61. The SMILES string of the molecule is O=C(NCC[C@H]1CCCN1)c1ccc2c(c1)CCO2. The first-order chi connectivity index (χ1) is 9.33. The highest BCUT2D eigenvalue weighted by molar-refractivity contribution is 5.94. The van der Waals surface area contributed by atoms with E-state index in [2.05, 4.69) is 10.6 Å². The highest BCUT2D eigenvalue weighted by Crippen LogP contribution is 2.25. The maximum atomic E-state index is 12.0. The van der Waals surface area contributed by atoms with Crippen LogP contribution in [0.2, 0.25) is 0 Å². The molecule has 1 aromatic carbocycles. The molecule has 4 heteroatoms. The number of ether oxygens (including phenoxy) is 1. The molecule has 0 saturated carbocycles. The topological polar surface area (TPSA) is 50.4 Å². The van der Waals surface area contributed by atoms with Crippen LogP contribution in [-0.4, -0.2) is 31.6 Å². The Kier molecular flexibility index (Phi) is 3.69. The molecule has 0 radical (unpaired) electrons. The van der Waals surface area contributed by atoms with Gasteiger partial charge < -0.3 is 15.4 Å². The summed E-state index contributed by atoms with van der Waals surface area (Å²) >= 11 is 0. The van der Waals surface area contributed by atoms with Crippen molar-refractivity contribution < 1.29 is 9.53 Å². The normalized spacial score (nSPS) is 20.9. The lowest BCUT2D eigenvalue weighted by atomic mass is 10.1. The van der Waals surface area contributed by atoms with Gasteiger partial charge in [0.2, 0.25) is 0 Å². The predicted octanol–water partition coefficient (Wildman–Crippen LogP) is 1.49. The first kappa shape index (κ1) is 12.5. The minimum Gasteiger partial charge on any atom is -0.493 e. The van der Waals surface area contributed by atoms with Crippen molar-refractivity contribution in [3.63, 3.8) is 0 Å². The molecule has 102 valence electrons. The van der Waals surface area contributed by atoms with Crippen molar-refractivity contribution in [3.05, 3.63) is 29.3 Å². The van der Waals surface area contributed by atoms with E-state index in [1.165, 1.54) is 12.8 Å². The molecule has 1 saturated heterocycles. The predicted molar refractivity (Wildman–Crippen MR) is 73.6 cm³/mol. The van der Waals surface area contributed by atoms with Crippen LogP contribution in [-0.2, 0) is 6.42 Å². The van der Waals surface area contributed by atoms with Gasteiger partial charge in [0.25, 0.3) is 5.91 Å². The average molecular weight is 260 g/mol. The van der Waals surface area contributed by atoms with Gasteiger partial charge >= 0.3 is 0 Å². The van der Waals surface area contributed by atoms with Gasteiger partial charge in [-0.3, -0.25) is 4.79 Å². The molecule has 0 spiro atoms. The fourth-order valence-electron chi connectivity index (χ4n) is 2.79. The van der Waals surface area contributed by atoms with Crippen molar-refractivity contribution >= 4 is 5.91 Å². The van der Waals surface area contributed by atoms with E-state index >= 15 is 0 Å².